The average molecular weight is 544 g/mol. The molecular formula is C28H32F3N5O3. The van der Waals surface area contributed by atoms with Crippen LogP contribution in [-0.2, 0) is 4.74 Å². The number of nitrogens with one attached hydrogen (secondary N) is 3. The van der Waals surface area contributed by atoms with Crippen molar-refractivity contribution in [2.45, 2.75) is 45.5 Å². The van der Waals surface area contributed by atoms with E-state index in [1.807, 2.05) is 19.9 Å². The summed E-state index contributed by atoms with van der Waals surface area (Å²) < 4.78 is 47.7. The van der Waals surface area contributed by atoms with Crippen molar-refractivity contribution in [2.24, 2.45) is 5.41 Å². The molecule has 39 heavy (non-hydrogen) atoms. The topological polar surface area (TPSA) is 97.3 Å². The molecule has 8 nitrogen and oxygen atoms in total. The number of anilines is 2. The molecule has 1 aromatic heterocycles. The summed E-state index contributed by atoms with van der Waals surface area (Å²) in [4.78, 5) is 25.1. The second-order valence-corrected chi connectivity index (χ2v) is 10.3. The van der Waals surface area contributed by atoms with E-state index in [0.29, 0.717) is 17.7 Å². The van der Waals surface area contributed by atoms with E-state index in [1.165, 1.54) is 6.20 Å². The highest BCUT2D eigenvalue weighted by Gasteiger charge is 2.47. The van der Waals surface area contributed by atoms with E-state index in [-0.39, 0.29) is 31.0 Å². The Morgan fingerprint density at radius 1 is 1.10 bits per heavy atom. The third kappa shape index (κ3) is 6.71. The second kappa shape index (κ2) is 11.4. The lowest BCUT2D eigenvalue weighted by Crippen LogP contribution is -2.39. The van der Waals surface area contributed by atoms with Crippen molar-refractivity contribution >= 4 is 23.4 Å². The first kappa shape index (κ1) is 28.0. The molecule has 0 spiro atoms. The van der Waals surface area contributed by atoms with Crippen LogP contribution in [0.4, 0.5) is 24.7 Å². The van der Waals surface area contributed by atoms with Gasteiger partial charge in [-0.1, -0.05) is 50.2 Å². The lowest BCUT2D eigenvalue weighted by atomic mass is 9.93. The highest BCUT2D eigenvalue weighted by Crippen LogP contribution is 2.44. The van der Waals surface area contributed by atoms with Crippen LogP contribution in [0.2, 0.25) is 0 Å². The molecule has 1 aliphatic rings. The maximum atomic E-state index is 13.9. The lowest BCUT2D eigenvalue weighted by molar-refractivity contribution is -0.173. The van der Waals surface area contributed by atoms with E-state index < -0.39 is 35.6 Å². The molecule has 3 N–H and O–H groups in total. The third-order valence-corrected chi connectivity index (χ3v) is 6.56. The van der Waals surface area contributed by atoms with Crippen LogP contribution in [0.3, 0.4) is 0 Å². The molecule has 1 aliphatic heterocycles. The quantitative estimate of drug-likeness (QED) is 0.305. The second-order valence-electron chi connectivity index (χ2n) is 10.3. The normalized spacial score (nSPS) is 17.1. The van der Waals surface area contributed by atoms with Crippen LogP contribution in [-0.4, -0.2) is 47.5 Å². The summed E-state index contributed by atoms with van der Waals surface area (Å²) >= 11 is 0. The van der Waals surface area contributed by atoms with Crippen molar-refractivity contribution in [3.8, 4) is 0 Å². The number of benzene rings is 2. The summed E-state index contributed by atoms with van der Waals surface area (Å²) in [5, 5.41) is 13.1. The number of fused-ring (bicyclic) bond motifs is 1. The fourth-order valence-electron chi connectivity index (χ4n) is 4.42. The van der Waals surface area contributed by atoms with Crippen LogP contribution in [0.15, 0.2) is 60.8 Å². The Kier molecular flexibility index (Phi) is 8.17. The van der Waals surface area contributed by atoms with Crippen molar-refractivity contribution < 1.29 is 27.5 Å². The van der Waals surface area contributed by atoms with Crippen molar-refractivity contribution in [3.63, 3.8) is 0 Å². The zero-order chi connectivity index (χ0) is 28.2. The maximum Gasteiger partial charge on any atom is 0.410 e. The summed E-state index contributed by atoms with van der Waals surface area (Å²) in [5.74, 6) is -0.884. The van der Waals surface area contributed by atoms with E-state index in [2.05, 4.69) is 21.0 Å². The minimum atomic E-state index is -4.53. The van der Waals surface area contributed by atoms with E-state index in [4.69, 9.17) is 4.74 Å². The van der Waals surface area contributed by atoms with E-state index in [9.17, 15) is 22.8 Å². The SMILES string of the molecule is CCOC(=O)c1cccc(NCC(C)(C)CNC(=O)c2cnn3c2N[C@@H](c2ccccc2)C[C@H]3C(F)(F)F)c1. The van der Waals surface area contributed by atoms with Crippen LogP contribution in [0, 0.1) is 5.41 Å². The molecule has 0 saturated carbocycles. The minimum absolute atomic E-state index is 0.0432. The van der Waals surface area contributed by atoms with Crippen LogP contribution in [0.5, 0.6) is 0 Å². The van der Waals surface area contributed by atoms with Gasteiger partial charge in [-0.2, -0.15) is 18.3 Å². The smallest absolute Gasteiger partial charge is 0.410 e. The molecule has 0 bridgehead atoms. The average Bonchev–Trinajstić information content (AvgIpc) is 3.34. The van der Waals surface area contributed by atoms with Gasteiger partial charge in [0.15, 0.2) is 6.04 Å². The summed E-state index contributed by atoms with van der Waals surface area (Å²) in [6.07, 6.45) is -3.59. The highest BCUT2D eigenvalue weighted by molar-refractivity contribution is 5.99. The molecule has 2 heterocycles. The van der Waals surface area contributed by atoms with E-state index in [1.54, 1.807) is 55.5 Å². The van der Waals surface area contributed by atoms with Crippen LogP contribution in [0.25, 0.3) is 0 Å². The number of rotatable bonds is 9. The number of hydrogen-bond donors (Lipinski definition) is 3. The molecule has 0 fully saturated rings. The zero-order valence-electron chi connectivity index (χ0n) is 22.0. The number of carbonyl (C=O) groups is 2. The van der Waals surface area contributed by atoms with Gasteiger partial charge in [0.05, 0.1) is 24.4 Å². The summed E-state index contributed by atoms with van der Waals surface area (Å²) in [5.41, 5.74) is 1.47. The van der Waals surface area contributed by atoms with Gasteiger partial charge in [-0.15, -0.1) is 0 Å². The number of ether oxygens (including phenoxy) is 1. The van der Waals surface area contributed by atoms with Gasteiger partial charge in [-0.05, 0) is 36.1 Å². The van der Waals surface area contributed by atoms with Gasteiger partial charge in [0.25, 0.3) is 5.91 Å². The van der Waals surface area contributed by atoms with Gasteiger partial charge in [-0.3, -0.25) is 4.79 Å². The lowest BCUT2D eigenvalue weighted by Gasteiger charge is -2.34. The first-order valence-corrected chi connectivity index (χ1v) is 12.7. The highest BCUT2D eigenvalue weighted by atomic mass is 19.4. The Balaban J connectivity index is 1.43. The minimum Gasteiger partial charge on any atom is -0.462 e. The number of alkyl halides is 3. The fourth-order valence-corrected chi connectivity index (χ4v) is 4.42. The molecule has 0 aliphatic carbocycles. The largest absolute Gasteiger partial charge is 0.462 e. The summed E-state index contributed by atoms with van der Waals surface area (Å²) in [6.45, 7) is 6.59. The number of aromatic nitrogens is 2. The molecule has 0 unspecified atom stereocenters. The van der Waals surface area contributed by atoms with Gasteiger partial charge in [0, 0.05) is 25.2 Å². The number of hydrogen-bond acceptors (Lipinski definition) is 6. The summed E-state index contributed by atoms with van der Waals surface area (Å²) in [7, 11) is 0. The van der Waals surface area contributed by atoms with Crippen molar-refractivity contribution in [1.82, 2.24) is 15.1 Å². The molecular weight excluding hydrogens is 511 g/mol. The Morgan fingerprint density at radius 2 is 1.85 bits per heavy atom. The van der Waals surface area contributed by atoms with Crippen molar-refractivity contribution in [3.05, 3.63) is 77.5 Å². The predicted octanol–water partition coefficient (Wildman–Crippen LogP) is 5.59. The molecule has 2 aromatic carbocycles. The molecule has 4 rings (SSSR count). The monoisotopic (exact) mass is 543 g/mol. The zero-order valence-corrected chi connectivity index (χ0v) is 22.0. The Hall–Kier alpha value is -4.02. The Bertz CT molecular complexity index is 1310. The molecule has 2 atom stereocenters. The van der Waals surface area contributed by atoms with Gasteiger partial charge in [0.2, 0.25) is 0 Å². The molecule has 1 amide bonds. The van der Waals surface area contributed by atoms with Crippen LogP contribution < -0.4 is 16.0 Å². The van der Waals surface area contributed by atoms with Gasteiger partial charge in [0.1, 0.15) is 11.4 Å². The standard InChI is InChI=1S/C28H32F3N5O3/c1-4-39-26(38)19-11-8-12-20(13-19)32-16-27(2,3)17-33-25(37)21-15-34-36-23(28(29,30)31)14-22(35-24(21)36)18-9-6-5-7-10-18/h5-13,15,22-23,32,35H,4,14,16-17H2,1-3H3,(H,33,37)/t22-,23+/m1/s1. The third-order valence-electron chi connectivity index (χ3n) is 6.56. The van der Waals surface area contributed by atoms with Gasteiger partial charge < -0.3 is 20.7 Å². The summed E-state index contributed by atoms with van der Waals surface area (Å²) in [6, 6.07) is 13.3. The van der Waals surface area contributed by atoms with Gasteiger partial charge >= 0.3 is 12.1 Å². The number of nitrogens with zero attached hydrogens (tertiary/aromatic N) is 2. The van der Waals surface area contributed by atoms with Crippen molar-refractivity contribution in [2.75, 3.05) is 30.3 Å². The Labute approximate surface area is 224 Å². The van der Waals surface area contributed by atoms with Crippen LogP contribution in [0.1, 0.15) is 65.6 Å². The first-order valence-electron chi connectivity index (χ1n) is 12.7. The molecule has 3 aromatic rings. The fraction of sp³-hybridized carbons (Fsp3) is 0.393. The number of amides is 1. The number of halogens is 3. The molecule has 11 heteroatoms. The number of carbonyl (C=O) groups excluding carboxylic acids is 2. The number of esters is 1. The van der Waals surface area contributed by atoms with Crippen molar-refractivity contribution in [1.29, 1.82) is 0 Å². The molecule has 208 valence electrons. The molecule has 0 radical (unpaired) electrons. The Morgan fingerprint density at radius 3 is 2.54 bits per heavy atom. The first-order chi connectivity index (χ1) is 18.5. The maximum absolute atomic E-state index is 13.9. The van der Waals surface area contributed by atoms with Crippen LogP contribution >= 0.6 is 0 Å². The van der Waals surface area contributed by atoms with E-state index >= 15 is 0 Å². The van der Waals surface area contributed by atoms with Gasteiger partial charge in [-0.25, -0.2) is 9.48 Å². The molecule has 0 saturated heterocycles. The predicted molar refractivity (Wildman–Crippen MR) is 142 cm³/mol. The van der Waals surface area contributed by atoms with E-state index in [0.717, 1.165) is 10.4 Å².